The van der Waals surface area contributed by atoms with Crippen LogP contribution in [-0.2, 0) is 23.3 Å². The van der Waals surface area contributed by atoms with Gasteiger partial charge in [0.2, 0.25) is 0 Å². The van der Waals surface area contributed by atoms with Crippen LogP contribution in [0.15, 0.2) is 0 Å². The van der Waals surface area contributed by atoms with Gasteiger partial charge in [-0.1, -0.05) is 11.6 Å². The summed E-state index contributed by atoms with van der Waals surface area (Å²) in [7, 11) is -1.14. The van der Waals surface area contributed by atoms with Crippen LogP contribution in [-0.4, -0.2) is 36.2 Å². The van der Waals surface area contributed by atoms with Gasteiger partial charge in [-0.25, -0.2) is 8.42 Å². The lowest BCUT2D eigenvalue weighted by Crippen LogP contribution is -2.34. The number of aryl methyl sites for hydroxylation is 2. The fraction of sp³-hybridized carbons (Fsp3) is 0.727. The topological polar surface area (TPSA) is 78.0 Å². The Kier molecular flexibility index (Phi) is 3.46. The van der Waals surface area contributed by atoms with Crippen LogP contribution in [0.5, 0.6) is 0 Å². The molecule has 5 nitrogen and oxygen atoms in total. The molecule has 0 aliphatic carbocycles. The minimum absolute atomic E-state index is 0.150. The summed E-state index contributed by atoms with van der Waals surface area (Å²) in [6.45, 7) is 2.19. The third-order valence-electron chi connectivity index (χ3n) is 3.71. The second-order valence-electron chi connectivity index (χ2n) is 5.19. The molecule has 0 bridgehead atoms. The maximum absolute atomic E-state index is 11.7. The molecule has 0 amide bonds. The Hall–Kier alpha value is -0.590. The molecule has 0 radical (unpaired) electrons. The normalized spacial score (nSPS) is 26.7. The molecule has 1 aliphatic rings. The molecule has 1 fully saturated rings. The van der Waals surface area contributed by atoms with E-state index in [1.54, 1.807) is 4.68 Å². The van der Waals surface area contributed by atoms with Crippen molar-refractivity contribution >= 4 is 21.4 Å². The SMILES string of the molecule is Cc1nn(C)c(CC2(CN)CCS(=O)(=O)C2)c1Cl. The third kappa shape index (κ3) is 2.41. The number of rotatable bonds is 3. The molecular weight excluding hydrogens is 274 g/mol. The van der Waals surface area contributed by atoms with Crippen LogP contribution in [0.2, 0.25) is 5.02 Å². The fourth-order valence-corrected chi connectivity index (χ4v) is 5.00. The van der Waals surface area contributed by atoms with Crippen molar-refractivity contribution in [1.82, 2.24) is 9.78 Å². The molecule has 1 saturated heterocycles. The van der Waals surface area contributed by atoms with Gasteiger partial charge in [-0.15, -0.1) is 0 Å². The van der Waals surface area contributed by atoms with Crippen molar-refractivity contribution in [3.63, 3.8) is 0 Å². The van der Waals surface area contributed by atoms with E-state index in [9.17, 15) is 8.42 Å². The summed E-state index contributed by atoms with van der Waals surface area (Å²) in [4.78, 5) is 0. The van der Waals surface area contributed by atoms with Gasteiger partial charge in [0.05, 0.1) is 27.9 Å². The lowest BCUT2D eigenvalue weighted by molar-refractivity contribution is 0.335. The van der Waals surface area contributed by atoms with Crippen LogP contribution in [0.1, 0.15) is 17.8 Å². The van der Waals surface area contributed by atoms with Gasteiger partial charge in [0.1, 0.15) is 0 Å². The highest BCUT2D eigenvalue weighted by Gasteiger charge is 2.42. The first kappa shape index (κ1) is 13.8. The standard InChI is InChI=1S/C11H18ClN3O2S/c1-8-10(12)9(15(2)14-8)5-11(6-13)3-4-18(16,17)7-11/h3-7,13H2,1-2H3. The monoisotopic (exact) mass is 291 g/mol. The van der Waals surface area contributed by atoms with Crippen LogP contribution in [0.25, 0.3) is 0 Å². The van der Waals surface area contributed by atoms with Crippen LogP contribution in [0, 0.1) is 12.3 Å². The average Bonchev–Trinajstić information content (AvgIpc) is 2.72. The first-order valence-corrected chi connectivity index (χ1v) is 8.07. The summed E-state index contributed by atoms with van der Waals surface area (Å²) in [5.74, 6) is 0.371. The van der Waals surface area contributed by atoms with E-state index in [1.165, 1.54) is 0 Å². The Morgan fingerprint density at radius 3 is 2.61 bits per heavy atom. The van der Waals surface area contributed by atoms with Gasteiger partial charge in [0.25, 0.3) is 0 Å². The van der Waals surface area contributed by atoms with E-state index in [0.717, 1.165) is 11.4 Å². The zero-order chi connectivity index (χ0) is 13.6. The second kappa shape index (κ2) is 4.51. The Morgan fingerprint density at radius 1 is 1.56 bits per heavy atom. The van der Waals surface area contributed by atoms with Crippen molar-refractivity contribution in [3.05, 3.63) is 16.4 Å². The highest BCUT2D eigenvalue weighted by molar-refractivity contribution is 7.91. The molecule has 1 aromatic heterocycles. The smallest absolute Gasteiger partial charge is 0.150 e. The molecule has 2 heterocycles. The van der Waals surface area contributed by atoms with Crippen molar-refractivity contribution in [2.24, 2.45) is 18.2 Å². The largest absolute Gasteiger partial charge is 0.330 e. The number of nitrogens with two attached hydrogens (primary N) is 1. The van der Waals surface area contributed by atoms with Crippen molar-refractivity contribution in [2.45, 2.75) is 19.8 Å². The van der Waals surface area contributed by atoms with Crippen molar-refractivity contribution in [2.75, 3.05) is 18.1 Å². The molecule has 1 unspecified atom stereocenters. The summed E-state index contributed by atoms with van der Waals surface area (Å²) >= 11 is 6.21. The summed E-state index contributed by atoms with van der Waals surface area (Å²) < 4.78 is 25.0. The molecule has 1 aliphatic heterocycles. The van der Waals surface area contributed by atoms with E-state index in [2.05, 4.69) is 5.10 Å². The van der Waals surface area contributed by atoms with Crippen molar-refractivity contribution < 1.29 is 8.42 Å². The molecule has 1 atom stereocenters. The van der Waals surface area contributed by atoms with Gasteiger partial charge >= 0.3 is 0 Å². The Labute approximate surface area is 112 Å². The van der Waals surface area contributed by atoms with E-state index < -0.39 is 9.84 Å². The Balaban J connectivity index is 2.32. The van der Waals surface area contributed by atoms with E-state index in [-0.39, 0.29) is 16.9 Å². The zero-order valence-electron chi connectivity index (χ0n) is 10.6. The van der Waals surface area contributed by atoms with Gasteiger partial charge in [-0.3, -0.25) is 4.68 Å². The van der Waals surface area contributed by atoms with Gasteiger partial charge in [-0.05, 0) is 26.3 Å². The summed E-state index contributed by atoms with van der Waals surface area (Å²) in [5, 5.41) is 4.87. The van der Waals surface area contributed by atoms with Crippen LogP contribution >= 0.6 is 11.6 Å². The highest BCUT2D eigenvalue weighted by Crippen LogP contribution is 2.36. The molecule has 18 heavy (non-hydrogen) atoms. The number of hydrogen-bond acceptors (Lipinski definition) is 4. The molecule has 102 valence electrons. The molecule has 0 spiro atoms. The predicted octanol–water partition coefficient (Wildman–Crippen LogP) is 0.688. The molecule has 0 saturated carbocycles. The highest BCUT2D eigenvalue weighted by atomic mass is 35.5. The zero-order valence-corrected chi connectivity index (χ0v) is 12.2. The number of halogens is 1. The number of nitrogens with zero attached hydrogens (tertiary/aromatic N) is 2. The minimum atomic E-state index is -2.96. The molecule has 2 N–H and O–H groups in total. The second-order valence-corrected chi connectivity index (χ2v) is 7.75. The molecule has 2 rings (SSSR count). The number of hydrogen-bond donors (Lipinski definition) is 1. The third-order valence-corrected chi connectivity index (χ3v) is 6.08. The minimum Gasteiger partial charge on any atom is -0.330 e. The summed E-state index contributed by atoms with van der Waals surface area (Å²) in [5.41, 5.74) is 7.06. The number of sulfone groups is 1. The quantitative estimate of drug-likeness (QED) is 0.889. The van der Waals surface area contributed by atoms with Gasteiger partial charge < -0.3 is 5.73 Å². The first-order valence-electron chi connectivity index (χ1n) is 5.87. The Morgan fingerprint density at radius 2 is 2.22 bits per heavy atom. The Bertz CT molecular complexity index is 567. The first-order chi connectivity index (χ1) is 8.29. The lowest BCUT2D eigenvalue weighted by Gasteiger charge is -2.25. The van der Waals surface area contributed by atoms with E-state index in [4.69, 9.17) is 17.3 Å². The van der Waals surface area contributed by atoms with E-state index in [0.29, 0.717) is 24.4 Å². The molecular formula is C11H18ClN3O2S. The van der Waals surface area contributed by atoms with Crippen LogP contribution < -0.4 is 5.73 Å². The van der Waals surface area contributed by atoms with Crippen LogP contribution in [0.3, 0.4) is 0 Å². The molecule has 1 aromatic rings. The van der Waals surface area contributed by atoms with Gasteiger partial charge in [0, 0.05) is 12.5 Å². The van der Waals surface area contributed by atoms with Crippen molar-refractivity contribution in [1.29, 1.82) is 0 Å². The summed E-state index contributed by atoms with van der Waals surface area (Å²) in [6, 6.07) is 0. The number of aromatic nitrogens is 2. The van der Waals surface area contributed by atoms with Gasteiger partial charge in [0.15, 0.2) is 9.84 Å². The lowest BCUT2D eigenvalue weighted by atomic mass is 9.83. The fourth-order valence-electron chi connectivity index (χ4n) is 2.58. The van der Waals surface area contributed by atoms with E-state index >= 15 is 0 Å². The average molecular weight is 292 g/mol. The van der Waals surface area contributed by atoms with Crippen molar-refractivity contribution in [3.8, 4) is 0 Å². The molecule has 0 aromatic carbocycles. The summed E-state index contributed by atoms with van der Waals surface area (Å²) in [6.07, 6.45) is 1.17. The van der Waals surface area contributed by atoms with Crippen LogP contribution in [0.4, 0.5) is 0 Å². The molecule has 7 heteroatoms. The van der Waals surface area contributed by atoms with Gasteiger partial charge in [-0.2, -0.15) is 5.10 Å². The van der Waals surface area contributed by atoms with E-state index in [1.807, 2.05) is 14.0 Å². The maximum atomic E-state index is 11.7. The predicted molar refractivity (Wildman–Crippen MR) is 71.4 cm³/mol. The maximum Gasteiger partial charge on any atom is 0.150 e.